The van der Waals surface area contributed by atoms with Crippen LogP contribution < -0.4 is 0 Å². The van der Waals surface area contributed by atoms with Crippen LogP contribution in [0, 0.1) is 0 Å². The topological polar surface area (TPSA) is 54.7 Å². The molecular formula is C18H23N3O. The van der Waals surface area contributed by atoms with Gasteiger partial charge in [0.05, 0.1) is 0 Å². The van der Waals surface area contributed by atoms with Gasteiger partial charge in [0.1, 0.15) is 0 Å². The Labute approximate surface area is 130 Å². The van der Waals surface area contributed by atoms with Crippen molar-refractivity contribution in [1.29, 1.82) is 0 Å². The van der Waals surface area contributed by atoms with E-state index in [0.717, 1.165) is 28.8 Å². The zero-order valence-corrected chi connectivity index (χ0v) is 13.3. The first-order chi connectivity index (χ1) is 10.8. The molecule has 2 aromatic heterocycles. The molecule has 4 heteroatoms. The predicted octanol–water partition coefficient (Wildman–Crippen LogP) is 5.29. The first-order valence-electron chi connectivity index (χ1n) is 8.19. The van der Waals surface area contributed by atoms with Crippen LogP contribution in [0.4, 0.5) is 0 Å². The molecule has 0 saturated heterocycles. The van der Waals surface area contributed by atoms with Gasteiger partial charge in [-0.15, -0.1) is 0 Å². The first-order valence-corrected chi connectivity index (χ1v) is 8.19. The Hall–Kier alpha value is -2.10. The summed E-state index contributed by atoms with van der Waals surface area (Å²) in [5.41, 5.74) is 2.10. The second kappa shape index (κ2) is 6.77. The molecule has 0 bridgehead atoms. The molecule has 116 valence electrons. The Morgan fingerprint density at radius 1 is 1.18 bits per heavy atom. The molecule has 0 saturated carbocycles. The van der Waals surface area contributed by atoms with Crippen molar-refractivity contribution in [1.82, 2.24) is 15.1 Å². The normalized spacial score (nSPS) is 12.8. The number of nitrogens with zero attached hydrogens (tertiary/aromatic N) is 2. The number of para-hydroxylation sites is 1. The van der Waals surface area contributed by atoms with E-state index in [9.17, 15) is 0 Å². The van der Waals surface area contributed by atoms with Crippen LogP contribution in [0.2, 0.25) is 0 Å². The third-order valence-corrected chi connectivity index (χ3v) is 4.18. The van der Waals surface area contributed by atoms with Gasteiger partial charge in [-0.1, -0.05) is 62.9 Å². The highest BCUT2D eigenvalue weighted by atomic mass is 16.5. The minimum atomic E-state index is 0.323. The molecule has 3 rings (SSSR count). The molecule has 0 radical (unpaired) electrons. The van der Waals surface area contributed by atoms with Gasteiger partial charge in [0.15, 0.2) is 0 Å². The monoisotopic (exact) mass is 297 g/mol. The zero-order chi connectivity index (χ0) is 15.4. The minimum Gasteiger partial charge on any atom is -0.360 e. The summed E-state index contributed by atoms with van der Waals surface area (Å²) in [5.74, 6) is 1.74. The number of unbranched alkanes of at least 4 members (excludes halogenated alkanes) is 3. The lowest BCUT2D eigenvalue weighted by Crippen LogP contribution is -1.94. The number of rotatable bonds is 7. The predicted molar refractivity (Wildman–Crippen MR) is 88.8 cm³/mol. The van der Waals surface area contributed by atoms with Crippen LogP contribution in [0.15, 0.2) is 35.0 Å². The van der Waals surface area contributed by atoms with Crippen LogP contribution >= 0.6 is 0 Å². The molecular weight excluding hydrogens is 274 g/mol. The number of aromatic amines is 1. The van der Waals surface area contributed by atoms with Crippen molar-refractivity contribution in [3.05, 3.63) is 36.4 Å². The van der Waals surface area contributed by atoms with Gasteiger partial charge in [-0.25, -0.2) is 0 Å². The van der Waals surface area contributed by atoms with Crippen molar-refractivity contribution in [3.8, 4) is 11.4 Å². The lowest BCUT2D eigenvalue weighted by atomic mass is 10.0. The molecule has 1 unspecified atom stereocenters. The molecule has 0 aliphatic carbocycles. The maximum Gasteiger partial charge on any atom is 0.229 e. The van der Waals surface area contributed by atoms with Gasteiger partial charge in [0, 0.05) is 28.6 Å². The van der Waals surface area contributed by atoms with E-state index >= 15 is 0 Å². The summed E-state index contributed by atoms with van der Waals surface area (Å²) in [5, 5.41) is 5.30. The van der Waals surface area contributed by atoms with E-state index in [1.54, 1.807) is 0 Å². The van der Waals surface area contributed by atoms with Crippen LogP contribution in [0.3, 0.4) is 0 Å². The van der Waals surface area contributed by atoms with E-state index in [1.165, 1.54) is 25.7 Å². The number of hydrogen-bond donors (Lipinski definition) is 1. The largest absolute Gasteiger partial charge is 0.360 e. The standard InChI is InChI=1S/C18H23N3O/c1-3-4-5-6-9-13(2)18-20-17(21-22-18)15-12-19-16-11-8-7-10-14(15)16/h7-8,10-13,19H,3-6,9H2,1-2H3. The lowest BCUT2D eigenvalue weighted by Gasteiger charge is -2.05. The molecule has 3 aromatic rings. The van der Waals surface area contributed by atoms with E-state index in [4.69, 9.17) is 4.52 Å². The van der Waals surface area contributed by atoms with Crippen LogP contribution in [0.25, 0.3) is 22.3 Å². The average molecular weight is 297 g/mol. The second-order valence-electron chi connectivity index (χ2n) is 5.95. The van der Waals surface area contributed by atoms with E-state index in [-0.39, 0.29) is 0 Å². The Kier molecular flexibility index (Phi) is 4.56. The molecule has 1 N–H and O–H groups in total. The van der Waals surface area contributed by atoms with Crippen molar-refractivity contribution in [2.24, 2.45) is 0 Å². The van der Waals surface area contributed by atoms with E-state index < -0.39 is 0 Å². The Bertz CT molecular complexity index is 729. The van der Waals surface area contributed by atoms with Gasteiger partial charge in [0.2, 0.25) is 11.7 Å². The summed E-state index contributed by atoms with van der Waals surface area (Å²) in [6, 6.07) is 8.17. The molecule has 2 heterocycles. The van der Waals surface area contributed by atoms with Crippen molar-refractivity contribution in [2.75, 3.05) is 0 Å². The molecule has 0 fully saturated rings. The van der Waals surface area contributed by atoms with Gasteiger partial charge in [-0.2, -0.15) is 4.98 Å². The fraction of sp³-hybridized carbons (Fsp3) is 0.444. The van der Waals surface area contributed by atoms with E-state index in [1.807, 2.05) is 18.3 Å². The smallest absolute Gasteiger partial charge is 0.229 e. The summed E-state index contributed by atoms with van der Waals surface area (Å²) < 4.78 is 5.48. The van der Waals surface area contributed by atoms with E-state index in [0.29, 0.717) is 11.7 Å². The second-order valence-corrected chi connectivity index (χ2v) is 5.95. The highest BCUT2D eigenvalue weighted by Gasteiger charge is 2.17. The maximum absolute atomic E-state index is 5.48. The molecule has 0 amide bonds. The van der Waals surface area contributed by atoms with Crippen molar-refractivity contribution in [2.45, 2.75) is 51.9 Å². The molecule has 0 aliphatic heterocycles. The molecule has 4 nitrogen and oxygen atoms in total. The van der Waals surface area contributed by atoms with Gasteiger partial charge >= 0.3 is 0 Å². The van der Waals surface area contributed by atoms with Crippen molar-refractivity contribution >= 4 is 10.9 Å². The number of H-pyrrole nitrogens is 1. The number of hydrogen-bond acceptors (Lipinski definition) is 3. The van der Waals surface area contributed by atoms with E-state index in [2.05, 4.69) is 41.1 Å². The van der Waals surface area contributed by atoms with Crippen LogP contribution in [-0.2, 0) is 0 Å². The summed E-state index contributed by atoms with van der Waals surface area (Å²) in [4.78, 5) is 7.86. The SMILES string of the molecule is CCCCCCC(C)c1nc(-c2c[nH]c3ccccc23)no1. The quantitative estimate of drug-likeness (QED) is 0.603. The first kappa shape index (κ1) is 14.8. The summed E-state index contributed by atoms with van der Waals surface area (Å²) in [6.07, 6.45) is 8.13. The molecule has 0 spiro atoms. The summed E-state index contributed by atoms with van der Waals surface area (Å²) >= 11 is 0. The number of benzene rings is 1. The van der Waals surface area contributed by atoms with Crippen molar-refractivity contribution in [3.63, 3.8) is 0 Å². The lowest BCUT2D eigenvalue weighted by molar-refractivity contribution is 0.350. The molecule has 1 aromatic carbocycles. The number of aromatic nitrogens is 3. The summed E-state index contributed by atoms with van der Waals surface area (Å²) in [6.45, 7) is 4.40. The molecule has 0 aliphatic rings. The average Bonchev–Trinajstić information content (AvgIpc) is 3.17. The Morgan fingerprint density at radius 2 is 2.05 bits per heavy atom. The number of nitrogens with one attached hydrogen (secondary N) is 1. The zero-order valence-electron chi connectivity index (χ0n) is 13.3. The molecule has 1 atom stereocenters. The fourth-order valence-corrected chi connectivity index (χ4v) is 2.80. The van der Waals surface area contributed by atoms with Crippen LogP contribution in [0.5, 0.6) is 0 Å². The van der Waals surface area contributed by atoms with Crippen LogP contribution in [-0.4, -0.2) is 15.1 Å². The van der Waals surface area contributed by atoms with Crippen molar-refractivity contribution < 1.29 is 4.52 Å². The number of fused-ring (bicyclic) bond motifs is 1. The Balaban J connectivity index is 1.73. The maximum atomic E-state index is 5.48. The highest BCUT2D eigenvalue weighted by molar-refractivity contribution is 5.93. The third-order valence-electron chi connectivity index (χ3n) is 4.18. The molecule has 22 heavy (non-hydrogen) atoms. The fourth-order valence-electron chi connectivity index (χ4n) is 2.80. The summed E-state index contributed by atoms with van der Waals surface area (Å²) in [7, 11) is 0. The third kappa shape index (κ3) is 3.06. The van der Waals surface area contributed by atoms with Gasteiger partial charge < -0.3 is 9.51 Å². The highest BCUT2D eigenvalue weighted by Crippen LogP contribution is 2.28. The van der Waals surface area contributed by atoms with Gasteiger partial charge in [0.25, 0.3) is 0 Å². The van der Waals surface area contributed by atoms with Gasteiger partial charge in [-0.05, 0) is 12.5 Å². The minimum absolute atomic E-state index is 0.323. The Morgan fingerprint density at radius 3 is 2.91 bits per heavy atom. The van der Waals surface area contributed by atoms with Crippen LogP contribution in [0.1, 0.15) is 57.8 Å². The van der Waals surface area contributed by atoms with Gasteiger partial charge in [-0.3, -0.25) is 0 Å².